The van der Waals surface area contributed by atoms with Gasteiger partial charge in [0.25, 0.3) is 5.91 Å². The minimum atomic E-state index is 0.00694. The summed E-state index contributed by atoms with van der Waals surface area (Å²) >= 11 is 0. The van der Waals surface area contributed by atoms with Gasteiger partial charge in [-0.3, -0.25) is 4.79 Å². The number of rotatable bonds is 7. The monoisotopic (exact) mass is 423 g/mol. The van der Waals surface area contributed by atoms with Gasteiger partial charge in [-0.1, -0.05) is 53.7 Å². The quantitative estimate of drug-likeness (QED) is 0.472. The summed E-state index contributed by atoms with van der Waals surface area (Å²) in [5.74, 6) is 1.33. The number of carbonyl (C=O) groups excluding carboxylic acids is 1. The van der Waals surface area contributed by atoms with Gasteiger partial charge in [0, 0.05) is 19.0 Å². The summed E-state index contributed by atoms with van der Waals surface area (Å²) in [7, 11) is 0. The van der Waals surface area contributed by atoms with Crippen molar-refractivity contribution in [3.8, 4) is 0 Å². The maximum atomic E-state index is 13.0. The highest BCUT2D eigenvalue weighted by Crippen LogP contribution is 2.46. The highest BCUT2D eigenvalue weighted by molar-refractivity contribution is 5.91. The van der Waals surface area contributed by atoms with E-state index in [1.807, 2.05) is 17.0 Å². The van der Waals surface area contributed by atoms with Crippen LogP contribution in [0.2, 0.25) is 0 Å². The molecule has 0 N–H and O–H groups in total. The van der Waals surface area contributed by atoms with Crippen molar-refractivity contribution in [2.45, 2.75) is 104 Å². The van der Waals surface area contributed by atoms with Crippen LogP contribution in [-0.4, -0.2) is 23.4 Å². The second-order valence-electron chi connectivity index (χ2n) is 10.8. The van der Waals surface area contributed by atoms with E-state index in [0.717, 1.165) is 31.6 Å². The lowest BCUT2D eigenvalue weighted by Gasteiger charge is -2.42. The van der Waals surface area contributed by atoms with Gasteiger partial charge in [-0.2, -0.15) is 0 Å². The largest absolute Gasteiger partial charge is 0.456 e. The van der Waals surface area contributed by atoms with Crippen LogP contribution in [0.1, 0.15) is 113 Å². The van der Waals surface area contributed by atoms with Crippen molar-refractivity contribution in [1.82, 2.24) is 4.90 Å². The second kappa shape index (κ2) is 8.84. The molecular weight excluding hydrogens is 382 g/mol. The standard InChI is InChI=1S/C28H41NO2/c1-9-15-29(20(4)10-2)26(30)25-12-11-22(31-25)17-21-18-24-23(16-19(21)3)27(5,6)13-14-28(24,7)8/h11-12,16,18,20H,9-10,13-15,17H2,1-8H3. The SMILES string of the molecule is CCCN(C(=O)c1ccc(Cc2cc3c(cc2C)C(C)(C)CCC3(C)C)o1)C(C)CC. The van der Waals surface area contributed by atoms with Crippen LogP contribution >= 0.6 is 0 Å². The third kappa shape index (κ3) is 4.76. The van der Waals surface area contributed by atoms with Crippen molar-refractivity contribution in [3.63, 3.8) is 0 Å². The number of benzene rings is 1. The molecule has 170 valence electrons. The van der Waals surface area contributed by atoms with Crippen molar-refractivity contribution in [2.24, 2.45) is 0 Å². The molecule has 31 heavy (non-hydrogen) atoms. The number of carbonyl (C=O) groups is 1. The van der Waals surface area contributed by atoms with Crippen molar-refractivity contribution in [2.75, 3.05) is 6.54 Å². The summed E-state index contributed by atoms with van der Waals surface area (Å²) in [5.41, 5.74) is 5.97. The van der Waals surface area contributed by atoms with Gasteiger partial charge in [0.2, 0.25) is 0 Å². The third-order valence-electron chi connectivity index (χ3n) is 7.39. The molecule has 3 heteroatoms. The molecule has 0 radical (unpaired) electrons. The summed E-state index contributed by atoms with van der Waals surface area (Å²) < 4.78 is 6.07. The first-order valence-electron chi connectivity index (χ1n) is 12.0. The van der Waals surface area contributed by atoms with Gasteiger partial charge in [0.1, 0.15) is 5.76 Å². The maximum Gasteiger partial charge on any atom is 0.289 e. The van der Waals surface area contributed by atoms with E-state index in [4.69, 9.17) is 4.42 Å². The lowest BCUT2D eigenvalue weighted by Crippen LogP contribution is -2.38. The van der Waals surface area contributed by atoms with Gasteiger partial charge in [0.05, 0.1) is 0 Å². The van der Waals surface area contributed by atoms with E-state index in [1.54, 1.807) is 0 Å². The number of furan rings is 1. The first-order chi connectivity index (χ1) is 14.5. The van der Waals surface area contributed by atoms with Crippen LogP contribution < -0.4 is 0 Å². The number of fused-ring (bicyclic) bond motifs is 1. The van der Waals surface area contributed by atoms with Gasteiger partial charge in [0.15, 0.2) is 5.76 Å². The van der Waals surface area contributed by atoms with Crippen molar-refractivity contribution >= 4 is 5.91 Å². The molecule has 0 spiro atoms. The lowest BCUT2D eigenvalue weighted by atomic mass is 9.62. The smallest absolute Gasteiger partial charge is 0.289 e. The molecule has 2 aromatic rings. The fourth-order valence-corrected chi connectivity index (χ4v) is 4.86. The van der Waals surface area contributed by atoms with Crippen molar-refractivity contribution in [1.29, 1.82) is 0 Å². The molecule has 0 fully saturated rings. The summed E-state index contributed by atoms with van der Waals surface area (Å²) in [4.78, 5) is 15.0. The Balaban J connectivity index is 1.88. The zero-order valence-corrected chi connectivity index (χ0v) is 20.9. The van der Waals surface area contributed by atoms with E-state index in [0.29, 0.717) is 5.76 Å². The summed E-state index contributed by atoms with van der Waals surface area (Å²) in [5, 5.41) is 0. The van der Waals surface area contributed by atoms with E-state index in [1.165, 1.54) is 35.1 Å². The topological polar surface area (TPSA) is 33.5 Å². The zero-order chi connectivity index (χ0) is 23.0. The molecule has 3 rings (SSSR count). The molecule has 0 bridgehead atoms. The number of aryl methyl sites for hydroxylation is 1. The molecule has 3 nitrogen and oxygen atoms in total. The van der Waals surface area contributed by atoms with Gasteiger partial charge in [-0.05, 0) is 84.7 Å². The van der Waals surface area contributed by atoms with Crippen LogP contribution in [-0.2, 0) is 17.3 Å². The average Bonchev–Trinajstić information content (AvgIpc) is 3.18. The number of hydrogen-bond acceptors (Lipinski definition) is 2. The molecular formula is C28H41NO2. The number of hydrogen-bond donors (Lipinski definition) is 0. The molecule has 1 aromatic carbocycles. The molecule has 1 unspecified atom stereocenters. The Labute approximate surface area is 189 Å². The highest BCUT2D eigenvalue weighted by Gasteiger charge is 2.37. The molecule has 0 saturated carbocycles. The number of amides is 1. The number of nitrogens with zero attached hydrogens (tertiary/aromatic N) is 1. The van der Waals surface area contributed by atoms with Crippen LogP contribution in [0.5, 0.6) is 0 Å². The Morgan fingerprint density at radius 1 is 1.06 bits per heavy atom. The zero-order valence-electron chi connectivity index (χ0n) is 20.9. The van der Waals surface area contributed by atoms with E-state index in [9.17, 15) is 4.79 Å². The predicted molar refractivity (Wildman–Crippen MR) is 129 cm³/mol. The lowest BCUT2D eigenvalue weighted by molar-refractivity contribution is 0.0654. The minimum absolute atomic E-state index is 0.00694. The summed E-state index contributed by atoms with van der Waals surface area (Å²) in [6.45, 7) is 18.8. The minimum Gasteiger partial charge on any atom is -0.456 e. The van der Waals surface area contributed by atoms with Gasteiger partial charge >= 0.3 is 0 Å². The third-order valence-corrected chi connectivity index (χ3v) is 7.39. The molecule has 1 aliphatic carbocycles. The van der Waals surface area contributed by atoms with Crippen LogP contribution in [0.25, 0.3) is 0 Å². The Morgan fingerprint density at radius 2 is 1.68 bits per heavy atom. The average molecular weight is 424 g/mol. The first-order valence-corrected chi connectivity index (χ1v) is 12.0. The van der Waals surface area contributed by atoms with Crippen molar-refractivity contribution < 1.29 is 9.21 Å². The fraction of sp³-hybridized carbons (Fsp3) is 0.607. The van der Waals surface area contributed by atoms with Crippen LogP contribution in [0, 0.1) is 6.92 Å². The van der Waals surface area contributed by atoms with E-state index < -0.39 is 0 Å². The molecule has 1 aromatic heterocycles. The second-order valence-corrected chi connectivity index (χ2v) is 10.8. The van der Waals surface area contributed by atoms with Gasteiger partial charge in [-0.15, -0.1) is 0 Å². The predicted octanol–water partition coefficient (Wildman–Crippen LogP) is 7.18. The fourth-order valence-electron chi connectivity index (χ4n) is 4.86. The van der Waals surface area contributed by atoms with Crippen LogP contribution in [0.4, 0.5) is 0 Å². The van der Waals surface area contributed by atoms with Crippen LogP contribution in [0.3, 0.4) is 0 Å². The maximum absolute atomic E-state index is 13.0. The first kappa shape index (κ1) is 23.6. The van der Waals surface area contributed by atoms with Gasteiger partial charge < -0.3 is 9.32 Å². The summed E-state index contributed by atoms with van der Waals surface area (Å²) in [6, 6.07) is 8.84. The molecule has 0 saturated heterocycles. The molecule has 0 aliphatic heterocycles. The highest BCUT2D eigenvalue weighted by atomic mass is 16.4. The molecule has 1 aliphatic rings. The normalized spacial score (nSPS) is 17.8. The van der Waals surface area contributed by atoms with E-state index in [2.05, 4.69) is 67.5 Å². The van der Waals surface area contributed by atoms with Crippen LogP contribution in [0.15, 0.2) is 28.7 Å². The molecule has 1 heterocycles. The molecule has 1 atom stereocenters. The van der Waals surface area contributed by atoms with E-state index >= 15 is 0 Å². The Morgan fingerprint density at radius 3 is 2.26 bits per heavy atom. The Kier molecular flexibility index (Phi) is 6.74. The Hall–Kier alpha value is -2.03. The van der Waals surface area contributed by atoms with Crippen molar-refractivity contribution in [3.05, 3.63) is 58.0 Å². The van der Waals surface area contributed by atoms with E-state index in [-0.39, 0.29) is 22.8 Å². The Bertz CT molecular complexity index is 934. The van der Waals surface area contributed by atoms with Gasteiger partial charge in [-0.25, -0.2) is 0 Å². The molecule has 1 amide bonds. The summed E-state index contributed by atoms with van der Waals surface area (Å²) in [6.07, 6.45) is 5.04.